The summed E-state index contributed by atoms with van der Waals surface area (Å²) in [5.74, 6) is 0.416. The first-order valence-corrected chi connectivity index (χ1v) is 7.15. The maximum Gasteiger partial charge on any atom is 0.244 e. The van der Waals surface area contributed by atoms with Crippen LogP contribution < -0.4 is 11.1 Å². The molecule has 1 aromatic carbocycles. The Morgan fingerprint density at radius 3 is 2.52 bits per heavy atom. The molecule has 1 heterocycles. The number of nitrogens with two attached hydrogens (primary N) is 1. The zero-order valence-corrected chi connectivity index (χ0v) is 12.7. The highest BCUT2D eigenvalue weighted by atomic mass is 16.2. The van der Waals surface area contributed by atoms with Gasteiger partial charge in [-0.05, 0) is 30.5 Å². The molecule has 0 saturated carbocycles. The van der Waals surface area contributed by atoms with E-state index in [0.29, 0.717) is 12.5 Å². The van der Waals surface area contributed by atoms with Crippen LogP contribution in [0.25, 0.3) is 11.1 Å². The number of nitrogen functional groups attached to an aromatic ring is 1. The molecule has 2 aromatic rings. The minimum Gasteiger partial charge on any atom is -0.399 e. The molecule has 0 aliphatic heterocycles. The van der Waals surface area contributed by atoms with Crippen LogP contribution in [0.15, 0.2) is 36.7 Å². The Morgan fingerprint density at radius 1 is 1.24 bits per heavy atom. The molecular weight excluding hydrogens is 264 g/mol. The number of amides is 1. The summed E-state index contributed by atoms with van der Waals surface area (Å²) in [4.78, 5) is 12.0. The number of aromatic nitrogens is 2. The zero-order chi connectivity index (χ0) is 15.4. The van der Waals surface area contributed by atoms with Gasteiger partial charge >= 0.3 is 0 Å². The molecule has 1 amide bonds. The number of carbonyl (C=O) groups is 1. The Hall–Kier alpha value is -2.30. The van der Waals surface area contributed by atoms with Crippen molar-refractivity contribution in [2.24, 2.45) is 5.92 Å². The topological polar surface area (TPSA) is 72.9 Å². The van der Waals surface area contributed by atoms with E-state index in [0.717, 1.165) is 16.8 Å². The smallest absolute Gasteiger partial charge is 0.244 e. The van der Waals surface area contributed by atoms with Crippen molar-refractivity contribution in [1.29, 1.82) is 0 Å². The van der Waals surface area contributed by atoms with Gasteiger partial charge in [0.2, 0.25) is 5.91 Å². The maximum atomic E-state index is 12.0. The van der Waals surface area contributed by atoms with E-state index in [1.54, 1.807) is 10.9 Å². The number of hydrogen-bond acceptors (Lipinski definition) is 3. The van der Waals surface area contributed by atoms with Crippen molar-refractivity contribution < 1.29 is 4.79 Å². The Kier molecular flexibility index (Phi) is 4.62. The lowest BCUT2D eigenvalue weighted by molar-refractivity contribution is -0.124. The summed E-state index contributed by atoms with van der Waals surface area (Å²) in [6.07, 6.45) is 3.64. The fourth-order valence-electron chi connectivity index (χ4n) is 1.95. The standard InChI is InChI=1S/C16H22N4O/c1-11(2)8-18-16(21)12(3)20-10-14(9-19-20)13-4-6-15(17)7-5-13/h4-7,9-12H,8,17H2,1-3H3,(H,18,21). The Labute approximate surface area is 125 Å². The minimum atomic E-state index is -0.328. The van der Waals surface area contributed by atoms with Gasteiger partial charge in [0.05, 0.1) is 6.20 Å². The van der Waals surface area contributed by atoms with Crippen molar-refractivity contribution >= 4 is 11.6 Å². The average Bonchev–Trinajstić information content (AvgIpc) is 2.94. The van der Waals surface area contributed by atoms with Crippen molar-refractivity contribution in [3.05, 3.63) is 36.7 Å². The van der Waals surface area contributed by atoms with Crippen molar-refractivity contribution in [3.8, 4) is 11.1 Å². The number of hydrogen-bond donors (Lipinski definition) is 2. The second kappa shape index (κ2) is 6.43. The summed E-state index contributed by atoms with van der Waals surface area (Å²) in [6, 6.07) is 7.27. The second-order valence-corrected chi connectivity index (χ2v) is 5.65. The Balaban J connectivity index is 2.08. The van der Waals surface area contributed by atoms with Gasteiger partial charge in [0, 0.05) is 24.0 Å². The van der Waals surface area contributed by atoms with Crippen LogP contribution in [-0.2, 0) is 4.79 Å². The van der Waals surface area contributed by atoms with Crippen molar-refractivity contribution in [2.75, 3.05) is 12.3 Å². The van der Waals surface area contributed by atoms with Crippen LogP contribution >= 0.6 is 0 Å². The number of anilines is 1. The van der Waals surface area contributed by atoms with Crippen LogP contribution in [-0.4, -0.2) is 22.2 Å². The molecule has 0 bridgehead atoms. The molecule has 2 rings (SSSR count). The summed E-state index contributed by atoms with van der Waals surface area (Å²) < 4.78 is 1.68. The summed E-state index contributed by atoms with van der Waals surface area (Å²) in [5.41, 5.74) is 8.41. The van der Waals surface area contributed by atoms with Crippen LogP contribution in [0.2, 0.25) is 0 Å². The van der Waals surface area contributed by atoms with Gasteiger partial charge in [-0.25, -0.2) is 0 Å². The van der Waals surface area contributed by atoms with Crippen molar-refractivity contribution in [2.45, 2.75) is 26.8 Å². The van der Waals surface area contributed by atoms with Gasteiger partial charge in [-0.2, -0.15) is 5.10 Å². The first-order chi connectivity index (χ1) is 9.97. The van der Waals surface area contributed by atoms with Crippen LogP contribution in [0.4, 0.5) is 5.69 Å². The normalized spacial score (nSPS) is 12.4. The lowest BCUT2D eigenvalue weighted by Crippen LogP contribution is -2.33. The van der Waals surface area contributed by atoms with E-state index in [1.165, 1.54) is 0 Å². The molecule has 112 valence electrons. The number of nitrogens with one attached hydrogen (secondary N) is 1. The number of nitrogens with zero attached hydrogens (tertiary/aromatic N) is 2. The molecule has 1 unspecified atom stereocenters. The Morgan fingerprint density at radius 2 is 1.90 bits per heavy atom. The predicted octanol–water partition coefficient (Wildman–Crippen LogP) is 2.47. The van der Waals surface area contributed by atoms with Gasteiger partial charge in [0.15, 0.2) is 0 Å². The van der Waals surface area contributed by atoms with E-state index < -0.39 is 0 Å². The molecule has 5 nitrogen and oxygen atoms in total. The first kappa shape index (κ1) is 15.1. The molecule has 1 aromatic heterocycles. The summed E-state index contributed by atoms with van der Waals surface area (Å²) in [6.45, 7) is 6.65. The van der Waals surface area contributed by atoms with Crippen molar-refractivity contribution in [1.82, 2.24) is 15.1 Å². The third kappa shape index (κ3) is 3.84. The van der Waals surface area contributed by atoms with Gasteiger partial charge in [-0.3, -0.25) is 9.48 Å². The highest BCUT2D eigenvalue weighted by Gasteiger charge is 2.16. The van der Waals surface area contributed by atoms with Gasteiger partial charge in [0.25, 0.3) is 0 Å². The third-order valence-corrected chi connectivity index (χ3v) is 3.31. The zero-order valence-electron chi connectivity index (χ0n) is 12.7. The molecule has 0 radical (unpaired) electrons. The number of rotatable bonds is 5. The monoisotopic (exact) mass is 286 g/mol. The van der Waals surface area contributed by atoms with E-state index in [9.17, 15) is 4.79 Å². The van der Waals surface area contributed by atoms with E-state index in [1.807, 2.05) is 37.4 Å². The molecule has 0 spiro atoms. The van der Waals surface area contributed by atoms with E-state index in [4.69, 9.17) is 5.73 Å². The summed E-state index contributed by atoms with van der Waals surface area (Å²) >= 11 is 0. The highest BCUT2D eigenvalue weighted by Crippen LogP contribution is 2.21. The number of carbonyl (C=O) groups excluding carboxylic acids is 1. The first-order valence-electron chi connectivity index (χ1n) is 7.15. The third-order valence-electron chi connectivity index (χ3n) is 3.31. The van der Waals surface area contributed by atoms with E-state index in [-0.39, 0.29) is 11.9 Å². The van der Waals surface area contributed by atoms with Gasteiger partial charge in [-0.15, -0.1) is 0 Å². The van der Waals surface area contributed by atoms with E-state index in [2.05, 4.69) is 24.3 Å². The minimum absolute atomic E-state index is 0.0179. The largest absolute Gasteiger partial charge is 0.399 e. The highest BCUT2D eigenvalue weighted by molar-refractivity contribution is 5.80. The molecule has 0 fully saturated rings. The van der Waals surface area contributed by atoms with E-state index >= 15 is 0 Å². The Bertz CT molecular complexity index is 601. The van der Waals surface area contributed by atoms with Crippen LogP contribution in [0.1, 0.15) is 26.8 Å². The quantitative estimate of drug-likeness (QED) is 0.829. The lowest BCUT2D eigenvalue weighted by atomic mass is 10.1. The SMILES string of the molecule is CC(C)CNC(=O)C(C)n1cc(-c2ccc(N)cc2)cn1. The van der Waals surface area contributed by atoms with Gasteiger partial charge in [-0.1, -0.05) is 26.0 Å². The molecule has 21 heavy (non-hydrogen) atoms. The molecule has 0 aliphatic rings. The molecule has 3 N–H and O–H groups in total. The molecule has 0 saturated heterocycles. The van der Waals surface area contributed by atoms with Gasteiger partial charge in [0.1, 0.15) is 6.04 Å². The van der Waals surface area contributed by atoms with Gasteiger partial charge < -0.3 is 11.1 Å². The predicted molar refractivity (Wildman–Crippen MR) is 84.6 cm³/mol. The maximum absolute atomic E-state index is 12.0. The molecular formula is C16H22N4O. The average molecular weight is 286 g/mol. The molecule has 0 aliphatic carbocycles. The fourth-order valence-corrected chi connectivity index (χ4v) is 1.95. The lowest BCUT2D eigenvalue weighted by Gasteiger charge is -2.13. The van der Waals surface area contributed by atoms with Crippen LogP contribution in [0, 0.1) is 5.92 Å². The molecule has 1 atom stereocenters. The molecule has 5 heteroatoms. The van der Waals surface area contributed by atoms with Crippen molar-refractivity contribution in [3.63, 3.8) is 0 Å². The fraction of sp³-hybridized carbons (Fsp3) is 0.375. The summed E-state index contributed by atoms with van der Waals surface area (Å²) in [5, 5.41) is 7.21. The van der Waals surface area contributed by atoms with Crippen LogP contribution in [0.5, 0.6) is 0 Å². The summed E-state index contributed by atoms with van der Waals surface area (Å²) in [7, 11) is 0. The second-order valence-electron chi connectivity index (χ2n) is 5.65. The van der Waals surface area contributed by atoms with Crippen LogP contribution in [0.3, 0.4) is 0 Å². The number of benzene rings is 1.